The van der Waals surface area contributed by atoms with Gasteiger partial charge in [-0.1, -0.05) is 30.7 Å². The molecule has 2 fully saturated rings. The molecule has 1 aromatic heterocycles. The number of aryl methyl sites for hydroxylation is 2. The summed E-state index contributed by atoms with van der Waals surface area (Å²) >= 11 is 0. The average molecular weight is 394 g/mol. The lowest BCUT2D eigenvalue weighted by Crippen LogP contribution is -2.33. The van der Waals surface area contributed by atoms with Gasteiger partial charge in [-0.2, -0.15) is 0 Å². The molecule has 0 spiro atoms. The molecular formula is C27H25N2O+. The zero-order valence-corrected chi connectivity index (χ0v) is 17.5. The van der Waals surface area contributed by atoms with Crippen molar-refractivity contribution < 1.29 is 9.30 Å². The molecule has 3 aliphatic rings. The van der Waals surface area contributed by atoms with E-state index in [1.807, 2.05) is 6.33 Å². The highest BCUT2D eigenvalue weighted by Crippen LogP contribution is 2.55. The minimum absolute atomic E-state index is 0.673. The van der Waals surface area contributed by atoms with E-state index in [9.17, 15) is 0 Å². The summed E-state index contributed by atoms with van der Waals surface area (Å²) in [6, 6.07) is 15.5. The fourth-order valence-corrected chi connectivity index (χ4v) is 6.58. The summed E-state index contributed by atoms with van der Waals surface area (Å²) in [6.07, 6.45) is 7.53. The maximum atomic E-state index is 6.62. The van der Waals surface area contributed by atoms with Gasteiger partial charge in [0, 0.05) is 0 Å². The highest BCUT2D eigenvalue weighted by Gasteiger charge is 2.41. The Balaban J connectivity index is 1.51. The Hall–Kier alpha value is -2.94. The van der Waals surface area contributed by atoms with Gasteiger partial charge in [-0.15, -0.1) is 0 Å². The van der Waals surface area contributed by atoms with Crippen LogP contribution >= 0.6 is 0 Å². The molecule has 30 heavy (non-hydrogen) atoms. The van der Waals surface area contributed by atoms with Crippen LogP contribution < -0.4 is 9.30 Å². The molecule has 7 rings (SSSR count). The van der Waals surface area contributed by atoms with Crippen LogP contribution in [0.15, 0.2) is 48.8 Å². The van der Waals surface area contributed by atoms with Crippen molar-refractivity contribution in [1.82, 2.24) is 4.98 Å². The molecule has 3 heteroatoms. The van der Waals surface area contributed by atoms with Crippen LogP contribution in [0.2, 0.25) is 0 Å². The molecule has 2 bridgehead atoms. The largest absolute Gasteiger partial charge is 0.456 e. The molecule has 0 saturated heterocycles. The Morgan fingerprint density at radius 2 is 1.93 bits per heavy atom. The number of nitrogens with zero attached hydrogens (tertiary/aromatic N) is 2. The molecule has 1 aliphatic heterocycles. The third-order valence-electron chi connectivity index (χ3n) is 7.96. The Bertz CT molecular complexity index is 1370. The molecule has 148 valence electrons. The van der Waals surface area contributed by atoms with Crippen LogP contribution in [0.1, 0.15) is 42.7 Å². The van der Waals surface area contributed by atoms with E-state index in [1.54, 1.807) is 0 Å². The van der Waals surface area contributed by atoms with E-state index < -0.39 is 0 Å². The maximum absolute atomic E-state index is 6.62. The van der Waals surface area contributed by atoms with Crippen molar-refractivity contribution in [3.05, 3.63) is 59.9 Å². The van der Waals surface area contributed by atoms with Gasteiger partial charge in [0.15, 0.2) is 11.2 Å². The first-order valence-corrected chi connectivity index (χ1v) is 11.2. The first-order chi connectivity index (χ1) is 14.7. The molecule has 3 nitrogen and oxygen atoms in total. The monoisotopic (exact) mass is 393 g/mol. The summed E-state index contributed by atoms with van der Waals surface area (Å²) in [5.41, 5.74) is 6.19. The quantitative estimate of drug-likeness (QED) is 0.317. The van der Waals surface area contributed by atoms with Crippen LogP contribution in [0.25, 0.3) is 32.9 Å². The minimum atomic E-state index is 0.673. The topological polar surface area (TPSA) is 26.0 Å². The van der Waals surface area contributed by atoms with Gasteiger partial charge in [-0.05, 0) is 89.0 Å². The van der Waals surface area contributed by atoms with Crippen molar-refractivity contribution in [1.29, 1.82) is 0 Å². The summed E-state index contributed by atoms with van der Waals surface area (Å²) in [5.74, 6) is 4.39. The van der Waals surface area contributed by atoms with Crippen molar-refractivity contribution in [2.45, 2.75) is 38.5 Å². The normalized spacial score (nSPS) is 23.7. The van der Waals surface area contributed by atoms with Gasteiger partial charge in [0.2, 0.25) is 0 Å². The lowest BCUT2D eigenvalue weighted by Gasteiger charge is -2.25. The molecule has 3 unspecified atom stereocenters. The number of benzene rings is 3. The Morgan fingerprint density at radius 1 is 1.03 bits per heavy atom. The first-order valence-electron chi connectivity index (χ1n) is 11.2. The zero-order chi connectivity index (χ0) is 20.0. The van der Waals surface area contributed by atoms with Gasteiger partial charge < -0.3 is 4.74 Å². The molecule has 2 saturated carbocycles. The van der Waals surface area contributed by atoms with E-state index in [-0.39, 0.29) is 0 Å². The molecule has 0 amide bonds. The Kier molecular flexibility index (Phi) is 3.26. The third-order valence-corrected chi connectivity index (χ3v) is 7.96. The predicted molar refractivity (Wildman–Crippen MR) is 119 cm³/mol. The van der Waals surface area contributed by atoms with E-state index in [4.69, 9.17) is 9.72 Å². The summed E-state index contributed by atoms with van der Waals surface area (Å²) in [4.78, 5) is 4.83. The number of hydrogen-bond donors (Lipinski definition) is 0. The number of aromatic nitrogens is 2. The van der Waals surface area contributed by atoms with Crippen molar-refractivity contribution in [3.8, 4) is 22.8 Å². The lowest BCUT2D eigenvalue weighted by molar-refractivity contribution is -0.662. The molecule has 4 aromatic rings. The average Bonchev–Trinajstić information content (AvgIpc) is 3.39. The number of hydrogen-bond acceptors (Lipinski definition) is 2. The van der Waals surface area contributed by atoms with Crippen molar-refractivity contribution >= 4 is 21.7 Å². The summed E-state index contributed by atoms with van der Waals surface area (Å²) < 4.78 is 8.78. The van der Waals surface area contributed by atoms with Gasteiger partial charge in [-0.25, -0.2) is 4.57 Å². The maximum Gasteiger partial charge on any atom is 0.287 e. The molecule has 2 aliphatic carbocycles. The summed E-state index contributed by atoms with van der Waals surface area (Å²) in [7, 11) is 2.10. The zero-order valence-electron chi connectivity index (χ0n) is 17.5. The minimum Gasteiger partial charge on any atom is -0.456 e. The van der Waals surface area contributed by atoms with Gasteiger partial charge in [0.1, 0.15) is 16.9 Å². The predicted octanol–water partition coefficient (Wildman–Crippen LogP) is 6.20. The fraction of sp³-hybridized carbons (Fsp3) is 0.333. The highest BCUT2D eigenvalue weighted by molar-refractivity contribution is 6.04. The SMILES string of the molecule is Cc1c2c(cc3ccccc13)Oc1cc(C3CC4CCC3C4)cc3nc[n+](C)c-2c13. The summed E-state index contributed by atoms with van der Waals surface area (Å²) in [5, 5.41) is 3.67. The van der Waals surface area contributed by atoms with Gasteiger partial charge in [0.05, 0.1) is 12.6 Å². The van der Waals surface area contributed by atoms with Gasteiger partial charge >= 0.3 is 0 Å². The molecule has 0 N–H and O–H groups in total. The van der Waals surface area contributed by atoms with E-state index in [2.05, 4.69) is 61.0 Å². The molecule has 3 atom stereocenters. The van der Waals surface area contributed by atoms with Crippen LogP contribution in [0.5, 0.6) is 11.5 Å². The van der Waals surface area contributed by atoms with E-state index in [0.717, 1.165) is 34.2 Å². The van der Waals surface area contributed by atoms with Crippen LogP contribution in [0.3, 0.4) is 0 Å². The second kappa shape index (κ2) is 5.81. The van der Waals surface area contributed by atoms with E-state index >= 15 is 0 Å². The number of ether oxygens (including phenoxy) is 1. The number of fused-ring (bicyclic) bond motifs is 5. The molecular weight excluding hydrogens is 368 g/mol. The van der Waals surface area contributed by atoms with Crippen molar-refractivity contribution in [2.75, 3.05) is 0 Å². The van der Waals surface area contributed by atoms with Crippen LogP contribution in [0, 0.1) is 18.8 Å². The van der Waals surface area contributed by atoms with E-state index in [1.165, 1.54) is 58.8 Å². The van der Waals surface area contributed by atoms with Gasteiger partial charge in [0.25, 0.3) is 6.33 Å². The summed E-state index contributed by atoms with van der Waals surface area (Å²) in [6.45, 7) is 2.21. The van der Waals surface area contributed by atoms with Crippen LogP contribution in [-0.2, 0) is 7.05 Å². The Labute approximate surface area is 176 Å². The van der Waals surface area contributed by atoms with Gasteiger partial charge in [-0.3, -0.25) is 0 Å². The smallest absolute Gasteiger partial charge is 0.287 e. The Morgan fingerprint density at radius 3 is 2.77 bits per heavy atom. The lowest BCUT2D eigenvalue weighted by atomic mass is 9.82. The van der Waals surface area contributed by atoms with E-state index in [0.29, 0.717) is 5.92 Å². The van der Waals surface area contributed by atoms with Crippen LogP contribution in [0.4, 0.5) is 0 Å². The second-order valence-corrected chi connectivity index (χ2v) is 9.60. The number of rotatable bonds is 1. The fourth-order valence-electron chi connectivity index (χ4n) is 6.58. The highest BCUT2D eigenvalue weighted by atomic mass is 16.5. The molecule has 3 aromatic carbocycles. The second-order valence-electron chi connectivity index (χ2n) is 9.60. The molecule has 2 heterocycles. The van der Waals surface area contributed by atoms with Crippen LogP contribution in [-0.4, -0.2) is 4.98 Å². The molecule has 0 radical (unpaired) electrons. The van der Waals surface area contributed by atoms with Crippen molar-refractivity contribution in [3.63, 3.8) is 0 Å². The first kappa shape index (κ1) is 16.8. The van der Waals surface area contributed by atoms with Crippen molar-refractivity contribution in [2.24, 2.45) is 18.9 Å². The standard InChI is InChI=1S/C27H25N2O/c1-15-20-6-4-3-5-17(20)12-23-25(15)27-26-22(28-14-29(27)2)11-19(13-24(26)30-23)21-10-16-7-8-18(21)9-16/h3-6,11-14,16,18,21H,7-10H2,1-2H3/q+1. The third kappa shape index (κ3) is 2.15.